The lowest BCUT2D eigenvalue weighted by Gasteiger charge is -2.40. The van der Waals surface area contributed by atoms with Gasteiger partial charge < -0.3 is 38.5 Å². The Morgan fingerprint density at radius 1 is 1.03 bits per heavy atom. The van der Waals surface area contributed by atoms with Crippen LogP contribution in [0.3, 0.4) is 0 Å². The molecule has 1 heterocycles. The highest BCUT2D eigenvalue weighted by atomic mass is 127. The quantitative estimate of drug-likeness (QED) is 0.440. The summed E-state index contributed by atoms with van der Waals surface area (Å²) in [4.78, 5) is 12.9. The van der Waals surface area contributed by atoms with Crippen molar-refractivity contribution in [3.05, 3.63) is 64.7 Å². The molecule has 34 heavy (non-hydrogen) atoms. The van der Waals surface area contributed by atoms with Crippen LogP contribution in [-0.2, 0) is 16.8 Å². The molecule has 2 aliphatic rings. The van der Waals surface area contributed by atoms with Crippen molar-refractivity contribution in [3.8, 4) is 5.75 Å². The summed E-state index contributed by atoms with van der Waals surface area (Å²) in [6, 6.07) is 15.3. The van der Waals surface area contributed by atoms with Crippen LogP contribution in [-0.4, -0.2) is 37.1 Å². The van der Waals surface area contributed by atoms with Crippen molar-refractivity contribution in [3.63, 3.8) is 0 Å². The lowest BCUT2D eigenvalue weighted by atomic mass is 9.85. The maximum Gasteiger partial charge on any atom is 0.255 e. The van der Waals surface area contributed by atoms with Gasteiger partial charge in [0, 0.05) is 16.8 Å². The number of hydrogen-bond donors (Lipinski definition) is 1. The number of amides is 1. The van der Waals surface area contributed by atoms with Crippen LogP contribution in [0.4, 0.5) is 5.69 Å². The van der Waals surface area contributed by atoms with Gasteiger partial charge in [0.25, 0.3) is 5.91 Å². The Morgan fingerprint density at radius 2 is 1.71 bits per heavy atom. The summed E-state index contributed by atoms with van der Waals surface area (Å²) in [6.45, 7) is 7.88. The molecule has 0 unspecified atom stereocenters. The van der Waals surface area contributed by atoms with Crippen LogP contribution in [0.25, 0.3) is 6.08 Å². The molecule has 0 bridgehead atoms. The van der Waals surface area contributed by atoms with Crippen LogP contribution in [0.2, 0.25) is 0 Å². The minimum absolute atomic E-state index is 0. The van der Waals surface area contributed by atoms with Gasteiger partial charge >= 0.3 is 0 Å². The third kappa shape index (κ3) is 6.42. The summed E-state index contributed by atoms with van der Waals surface area (Å²) in [5, 5.41) is 3.05. The predicted octanol–water partition coefficient (Wildman–Crippen LogP) is 3.31. The summed E-state index contributed by atoms with van der Waals surface area (Å²) in [5.74, 6) is 0.732. The van der Waals surface area contributed by atoms with Gasteiger partial charge in [0.05, 0.1) is 25.7 Å². The summed E-state index contributed by atoms with van der Waals surface area (Å²) < 4.78 is 6.90. The molecule has 1 saturated carbocycles. The number of anilines is 1. The summed E-state index contributed by atoms with van der Waals surface area (Å²) in [6.07, 6.45) is 8.73. The van der Waals surface area contributed by atoms with Crippen molar-refractivity contribution < 1.29 is 38.0 Å². The predicted molar refractivity (Wildman–Crippen MR) is 136 cm³/mol. The number of fused-ring (bicyclic) bond motifs is 1. The van der Waals surface area contributed by atoms with Crippen LogP contribution >= 0.6 is 0 Å². The number of rotatable bonds is 5. The fraction of sp³-hybridized carbons (Fsp3) is 0.483. The first-order valence-electron chi connectivity index (χ1n) is 12.3. The standard InChI is InChI=1S/C29H38N2O2.HI/c1-29(2,3)24-13-16-27-22(18-24)17-23(20-33-27)28(32)30-25-14-11-21(12-15-25)19-31(4,5)26-9-7-6-8-10-26;/h11-18,26H,6-10,19-20H2,1-5H3;1H. The number of nitrogens with one attached hydrogen (secondary N) is 1. The SMILES string of the molecule is CC(C)(C)c1ccc2c(c1)C=C(C(=O)Nc1ccc(C[N+](C)(C)C3CCCCC3)cc1)CO2.[I-]. The minimum atomic E-state index is -0.104. The van der Waals surface area contributed by atoms with Gasteiger partial charge in [0.1, 0.15) is 18.9 Å². The van der Waals surface area contributed by atoms with Gasteiger partial charge in [-0.3, -0.25) is 4.79 Å². The van der Waals surface area contributed by atoms with E-state index in [1.54, 1.807) is 0 Å². The van der Waals surface area contributed by atoms with Crippen molar-refractivity contribution in [1.82, 2.24) is 0 Å². The van der Waals surface area contributed by atoms with E-state index in [4.69, 9.17) is 4.74 Å². The Hall–Kier alpha value is -1.86. The molecule has 2 aromatic rings. The Morgan fingerprint density at radius 3 is 2.35 bits per heavy atom. The van der Waals surface area contributed by atoms with E-state index in [2.05, 4.69) is 64.4 Å². The lowest BCUT2D eigenvalue weighted by molar-refractivity contribution is -0.929. The Labute approximate surface area is 222 Å². The number of halogens is 1. The van der Waals surface area contributed by atoms with E-state index in [0.29, 0.717) is 12.2 Å². The molecule has 0 atom stereocenters. The van der Waals surface area contributed by atoms with E-state index < -0.39 is 0 Å². The zero-order chi connectivity index (χ0) is 23.6. The average Bonchev–Trinajstić information content (AvgIpc) is 2.79. The zero-order valence-electron chi connectivity index (χ0n) is 21.3. The summed E-state index contributed by atoms with van der Waals surface area (Å²) in [7, 11) is 4.70. The first-order chi connectivity index (χ1) is 15.6. The maximum absolute atomic E-state index is 12.9. The van der Waals surface area contributed by atoms with Gasteiger partial charge in [-0.15, -0.1) is 0 Å². The molecule has 1 N–H and O–H groups in total. The van der Waals surface area contributed by atoms with Crippen LogP contribution < -0.4 is 34.0 Å². The number of ether oxygens (including phenoxy) is 1. The van der Waals surface area contributed by atoms with Gasteiger partial charge in [0.15, 0.2) is 0 Å². The number of carbonyl (C=O) groups is 1. The molecule has 2 aromatic carbocycles. The van der Waals surface area contributed by atoms with Crippen molar-refractivity contribution in [2.45, 2.75) is 70.9 Å². The molecule has 1 aliphatic heterocycles. The van der Waals surface area contributed by atoms with Crippen LogP contribution in [0.5, 0.6) is 5.75 Å². The Kier molecular flexibility index (Phi) is 8.51. The average molecular weight is 575 g/mol. The summed E-state index contributed by atoms with van der Waals surface area (Å²) >= 11 is 0. The molecule has 4 nitrogen and oxygen atoms in total. The molecular weight excluding hydrogens is 535 g/mol. The lowest BCUT2D eigenvalue weighted by Crippen LogP contribution is -3.00. The van der Waals surface area contributed by atoms with E-state index in [9.17, 15) is 4.79 Å². The number of hydrogen-bond acceptors (Lipinski definition) is 2. The molecule has 5 heteroatoms. The van der Waals surface area contributed by atoms with Crippen molar-refractivity contribution in [1.29, 1.82) is 0 Å². The van der Waals surface area contributed by atoms with E-state index in [0.717, 1.165) is 34.1 Å². The number of quaternary nitrogens is 1. The van der Waals surface area contributed by atoms with Crippen molar-refractivity contribution in [2.24, 2.45) is 0 Å². The van der Waals surface area contributed by atoms with Gasteiger partial charge in [-0.1, -0.05) is 45.4 Å². The summed E-state index contributed by atoms with van der Waals surface area (Å²) in [5.41, 5.74) is 5.03. The fourth-order valence-electron chi connectivity index (χ4n) is 5.06. The molecule has 1 aliphatic carbocycles. The van der Waals surface area contributed by atoms with Crippen LogP contribution in [0.1, 0.15) is 69.6 Å². The van der Waals surface area contributed by atoms with Crippen LogP contribution in [0.15, 0.2) is 48.0 Å². The second-order valence-electron chi connectivity index (χ2n) is 11.3. The monoisotopic (exact) mass is 574 g/mol. The first-order valence-corrected chi connectivity index (χ1v) is 12.3. The molecule has 0 saturated heterocycles. The molecule has 0 spiro atoms. The molecule has 0 aromatic heterocycles. The zero-order valence-corrected chi connectivity index (χ0v) is 23.4. The smallest absolute Gasteiger partial charge is 0.255 e. The van der Waals surface area contributed by atoms with E-state index >= 15 is 0 Å². The van der Waals surface area contributed by atoms with Crippen LogP contribution in [0, 0.1) is 0 Å². The first kappa shape index (κ1) is 26.7. The normalized spacial score (nSPS) is 16.6. The molecular formula is C29H39IN2O2. The van der Waals surface area contributed by atoms with E-state index in [1.165, 1.54) is 43.2 Å². The van der Waals surface area contributed by atoms with Crippen molar-refractivity contribution in [2.75, 3.05) is 26.0 Å². The minimum Gasteiger partial charge on any atom is -1.00 e. The van der Waals surface area contributed by atoms with Gasteiger partial charge in [-0.05, 0) is 67.0 Å². The number of benzene rings is 2. The van der Waals surface area contributed by atoms with Gasteiger partial charge in [0.2, 0.25) is 0 Å². The van der Waals surface area contributed by atoms with Gasteiger partial charge in [-0.2, -0.15) is 0 Å². The van der Waals surface area contributed by atoms with Crippen molar-refractivity contribution >= 4 is 17.7 Å². The molecule has 1 amide bonds. The van der Waals surface area contributed by atoms with E-state index in [1.807, 2.05) is 24.3 Å². The highest BCUT2D eigenvalue weighted by Crippen LogP contribution is 2.32. The molecule has 1 fully saturated rings. The second kappa shape index (κ2) is 10.8. The number of carbonyl (C=O) groups excluding carboxylic acids is 1. The molecule has 184 valence electrons. The highest BCUT2D eigenvalue weighted by molar-refractivity contribution is 6.07. The Bertz CT molecular complexity index is 1030. The van der Waals surface area contributed by atoms with Gasteiger partial charge in [-0.25, -0.2) is 0 Å². The topological polar surface area (TPSA) is 38.3 Å². The van der Waals surface area contributed by atoms with E-state index in [-0.39, 0.29) is 35.3 Å². The number of nitrogens with zero attached hydrogens (tertiary/aromatic N) is 1. The third-order valence-electron chi connectivity index (χ3n) is 7.25. The third-order valence-corrected chi connectivity index (χ3v) is 7.25. The second-order valence-corrected chi connectivity index (χ2v) is 11.3. The molecule has 4 rings (SSSR count). The fourth-order valence-corrected chi connectivity index (χ4v) is 5.06. The highest BCUT2D eigenvalue weighted by Gasteiger charge is 2.29. The molecule has 0 radical (unpaired) electrons. The maximum atomic E-state index is 12.9. The Balaban J connectivity index is 0.00000324. The largest absolute Gasteiger partial charge is 1.00 e.